The number of benzene rings is 3. The topological polar surface area (TPSA) is 71.3 Å². The minimum atomic E-state index is -0.568. The number of para-hydroxylation sites is 1. The quantitative estimate of drug-likeness (QED) is 0.243. The van der Waals surface area contributed by atoms with Crippen LogP contribution >= 0.6 is 43.5 Å². The highest BCUT2D eigenvalue weighted by Gasteiger charge is 2.15. The van der Waals surface area contributed by atoms with Crippen molar-refractivity contribution in [1.82, 2.24) is 0 Å². The summed E-state index contributed by atoms with van der Waals surface area (Å²) in [4.78, 5) is 12.6. The van der Waals surface area contributed by atoms with E-state index < -0.39 is 5.91 Å². The summed E-state index contributed by atoms with van der Waals surface area (Å²) >= 11 is 13.0. The van der Waals surface area contributed by atoms with Crippen molar-refractivity contribution < 1.29 is 14.3 Å². The number of nitrogens with one attached hydrogen (secondary N) is 1. The number of rotatable bonds is 7. The normalized spacial score (nSPS) is 10.9. The number of nitriles is 1. The van der Waals surface area contributed by atoms with Gasteiger partial charge in [0.2, 0.25) is 0 Å². The van der Waals surface area contributed by atoms with Crippen LogP contribution in [0.15, 0.2) is 75.2 Å². The molecule has 1 amide bonds. The molecule has 0 aliphatic heterocycles. The van der Waals surface area contributed by atoms with Gasteiger partial charge >= 0.3 is 0 Å². The number of anilines is 1. The van der Waals surface area contributed by atoms with Gasteiger partial charge in [0.1, 0.15) is 18.2 Å². The Morgan fingerprint density at radius 3 is 2.50 bits per heavy atom. The van der Waals surface area contributed by atoms with E-state index in [1.54, 1.807) is 36.4 Å². The number of ether oxygens (including phenoxy) is 2. The molecular formula is C24H17Br2ClN2O3. The fourth-order valence-electron chi connectivity index (χ4n) is 2.73. The Morgan fingerprint density at radius 2 is 1.84 bits per heavy atom. The number of carbonyl (C=O) groups is 1. The molecule has 8 heteroatoms. The smallest absolute Gasteiger partial charge is 0.266 e. The molecule has 3 aromatic carbocycles. The summed E-state index contributed by atoms with van der Waals surface area (Å²) in [6.07, 6.45) is 1.47. The SMILES string of the molecule is COc1cc(/C=C(\C#N)C(=O)Nc2ccccc2Cl)c(Br)cc1OCc1ccc(Br)cc1. The summed E-state index contributed by atoms with van der Waals surface area (Å²) in [5.41, 5.74) is 1.92. The van der Waals surface area contributed by atoms with Crippen molar-refractivity contribution in [3.8, 4) is 17.6 Å². The van der Waals surface area contributed by atoms with E-state index in [4.69, 9.17) is 21.1 Å². The van der Waals surface area contributed by atoms with Crippen LogP contribution in [0.25, 0.3) is 6.08 Å². The van der Waals surface area contributed by atoms with Crippen LogP contribution in [0.2, 0.25) is 5.02 Å². The van der Waals surface area contributed by atoms with Gasteiger partial charge in [-0.25, -0.2) is 0 Å². The Bertz CT molecular complexity index is 1200. The molecule has 0 spiro atoms. The monoisotopic (exact) mass is 574 g/mol. The van der Waals surface area contributed by atoms with Crippen LogP contribution in [0.3, 0.4) is 0 Å². The highest BCUT2D eigenvalue weighted by molar-refractivity contribution is 9.10. The Hall–Kier alpha value is -2.79. The molecule has 1 N–H and O–H groups in total. The second kappa shape index (κ2) is 11.2. The molecule has 0 saturated heterocycles. The number of nitrogens with zero attached hydrogens (tertiary/aromatic N) is 1. The van der Waals surface area contributed by atoms with Gasteiger partial charge in [0.25, 0.3) is 5.91 Å². The summed E-state index contributed by atoms with van der Waals surface area (Å²) < 4.78 is 13.0. The van der Waals surface area contributed by atoms with Crippen molar-refractivity contribution in [2.75, 3.05) is 12.4 Å². The average molecular weight is 577 g/mol. The predicted octanol–water partition coefficient (Wildman–Crippen LogP) is 7.00. The standard InChI is InChI=1S/C24H17Br2ClN2O3/c1-31-22-11-16(10-17(13-28)24(30)29-21-5-3-2-4-20(21)27)19(26)12-23(22)32-14-15-6-8-18(25)9-7-15/h2-12H,14H2,1H3,(H,29,30)/b17-10+. The van der Waals surface area contributed by atoms with Gasteiger partial charge in [-0.15, -0.1) is 0 Å². The first-order chi connectivity index (χ1) is 15.4. The lowest BCUT2D eigenvalue weighted by atomic mass is 10.1. The van der Waals surface area contributed by atoms with Crippen molar-refractivity contribution >= 4 is 61.1 Å². The van der Waals surface area contributed by atoms with Gasteiger partial charge < -0.3 is 14.8 Å². The number of carbonyl (C=O) groups excluding carboxylic acids is 1. The van der Waals surface area contributed by atoms with E-state index in [-0.39, 0.29) is 5.57 Å². The van der Waals surface area contributed by atoms with Crippen LogP contribution in [-0.2, 0) is 11.4 Å². The Morgan fingerprint density at radius 1 is 1.12 bits per heavy atom. The van der Waals surface area contributed by atoms with Crippen LogP contribution in [0.4, 0.5) is 5.69 Å². The van der Waals surface area contributed by atoms with Gasteiger partial charge in [0.05, 0.1) is 17.8 Å². The molecule has 5 nitrogen and oxygen atoms in total. The molecule has 0 bridgehead atoms. The number of halogens is 3. The van der Waals surface area contributed by atoms with Crippen molar-refractivity contribution in [2.24, 2.45) is 0 Å². The number of hydrogen-bond donors (Lipinski definition) is 1. The van der Waals surface area contributed by atoms with E-state index >= 15 is 0 Å². The zero-order valence-electron chi connectivity index (χ0n) is 16.9. The maximum Gasteiger partial charge on any atom is 0.266 e. The summed E-state index contributed by atoms with van der Waals surface area (Å²) in [5.74, 6) is 0.431. The fourth-order valence-corrected chi connectivity index (χ4v) is 3.62. The van der Waals surface area contributed by atoms with Gasteiger partial charge in [-0.3, -0.25) is 4.79 Å². The van der Waals surface area contributed by atoms with E-state index in [1.807, 2.05) is 30.3 Å². The molecular weight excluding hydrogens is 560 g/mol. The summed E-state index contributed by atoms with van der Waals surface area (Å²) in [6.45, 7) is 0.356. The van der Waals surface area contributed by atoms with Crippen LogP contribution < -0.4 is 14.8 Å². The molecule has 0 aliphatic carbocycles. The summed E-state index contributed by atoms with van der Waals surface area (Å²) in [6, 6.07) is 20.0. The van der Waals surface area contributed by atoms with E-state index in [2.05, 4.69) is 37.2 Å². The molecule has 0 aromatic heterocycles. The second-order valence-electron chi connectivity index (χ2n) is 6.54. The molecule has 162 valence electrons. The highest BCUT2D eigenvalue weighted by atomic mass is 79.9. The zero-order valence-corrected chi connectivity index (χ0v) is 20.8. The van der Waals surface area contributed by atoms with Crippen molar-refractivity contribution in [3.05, 3.63) is 91.3 Å². The molecule has 32 heavy (non-hydrogen) atoms. The lowest BCUT2D eigenvalue weighted by Gasteiger charge is -2.13. The van der Waals surface area contributed by atoms with Gasteiger partial charge in [0, 0.05) is 8.95 Å². The number of amides is 1. The van der Waals surface area contributed by atoms with Crippen molar-refractivity contribution in [2.45, 2.75) is 6.61 Å². The van der Waals surface area contributed by atoms with Crippen LogP contribution in [0, 0.1) is 11.3 Å². The largest absolute Gasteiger partial charge is 0.493 e. The predicted molar refractivity (Wildman–Crippen MR) is 133 cm³/mol. The van der Waals surface area contributed by atoms with Gasteiger partial charge in [-0.2, -0.15) is 5.26 Å². The molecule has 0 saturated carbocycles. The van der Waals surface area contributed by atoms with Gasteiger partial charge in [-0.1, -0.05) is 67.7 Å². The highest BCUT2D eigenvalue weighted by Crippen LogP contribution is 2.35. The third kappa shape index (κ3) is 6.13. The first-order valence-electron chi connectivity index (χ1n) is 9.33. The lowest BCUT2D eigenvalue weighted by molar-refractivity contribution is -0.112. The molecule has 3 aromatic rings. The molecule has 0 unspecified atom stereocenters. The first kappa shape index (κ1) is 23.9. The van der Waals surface area contributed by atoms with E-state index in [1.165, 1.54) is 13.2 Å². The minimum absolute atomic E-state index is 0.0868. The Labute approximate surface area is 207 Å². The average Bonchev–Trinajstić information content (AvgIpc) is 2.79. The molecule has 0 fully saturated rings. The van der Waals surface area contributed by atoms with Crippen LogP contribution in [-0.4, -0.2) is 13.0 Å². The Kier molecular flexibility index (Phi) is 8.34. The second-order valence-corrected chi connectivity index (χ2v) is 8.72. The molecule has 0 aliphatic rings. The molecule has 0 heterocycles. The maximum absolute atomic E-state index is 12.6. The van der Waals surface area contributed by atoms with Crippen molar-refractivity contribution in [1.29, 1.82) is 5.26 Å². The first-order valence-corrected chi connectivity index (χ1v) is 11.3. The lowest BCUT2D eigenvalue weighted by Crippen LogP contribution is -2.13. The Balaban J connectivity index is 1.82. The maximum atomic E-state index is 12.6. The summed E-state index contributed by atoms with van der Waals surface area (Å²) in [5, 5.41) is 12.5. The van der Waals surface area contributed by atoms with Gasteiger partial charge in [0.15, 0.2) is 11.5 Å². The zero-order chi connectivity index (χ0) is 23.1. The molecule has 3 rings (SSSR count). The number of hydrogen-bond acceptors (Lipinski definition) is 4. The molecule has 0 radical (unpaired) electrons. The third-order valence-electron chi connectivity index (χ3n) is 4.38. The fraction of sp³-hybridized carbons (Fsp3) is 0.0833. The van der Waals surface area contributed by atoms with Crippen LogP contribution in [0.5, 0.6) is 11.5 Å². The van der Waals surface area contributed by atoms with Crippen molar-refractivity contribution in [3.63, 3.8) is 0 Å². The third-order valence-corrected chi connectivity index (χ3v) is 5.92. The van der Waals surface area contributed by atoms with E-state index in [9.17, 15) is 10.1 Å². The number of methoxy groups -OCH3 is 1. The van der Waals surface area contributed by atoms with Gasteiger partial charge in [-0.05, 0) is 53.6 Å². The van der Waals surface area contributed by atoms with E-state index in [0.717, 1.165) is 10.0 Å². The van der Waals surface area contributed by atoms with Crippen LogP contribution in [0.1, 0.15) is 11.1 Å². The molecule has 0 atom stereocenters. The van der Waals surface area contributed by atoms with E-state index in [0.29, 0.717) is 38.9 Å². The summed E-state index contributed by atoms with van der Waals surface area (Å²) in [7, 11) is 1.53. The minimum Gasteiger partial charge on any atom is -0.493 e.